The number of ether oxygens (including phenoxy) is 1. The van der Waals surface area contributed by atoms with Crippen LogP contribution in [0.25, 0.3) is 10.9 Å². The summed E-state index contributed by atoms with van der Waals surface area (Å²) < 4.78 is 5.85. The molecule has 4 N–H and O–H groups in total. The summed E-state index contributed by atoms with van der Waals surface area (Å²) in [7, 11) is 0. The summed E-state index contributed by atoms with van der Waals surface area (Å²) in [6.45, 7) is 0.590. The first-order valence-corrected chi connectivity index (χ1v) is 15.8. The lowest BCUT2D eigenvalue weighted by Crippen LogP contribution is -2.49. The normalized spacial score (nSPS) is 17.2. The molecule has 2 aromatic carbocycles. The summed E-state index contributed by atoms with van der Waals surface area (Å²) >= 11 is 0. The number of hydrogen-bond donors (Lipinski definition) is 4. The average molecular weight is 603 g/mol. The van der Waals surface area contributed by atoms with E-state index in [9.17, 15) is 19.2 Å². The molecule has 2 atom stereocenters. The van der Waals surface area contributed by atoms with Crippen LogP contribution in [0.15, 0.2) is 54.6 Å². The predicted molar refractivity (Wildman–Crippen MR) is 165 cm³/mol. The summed E-state index contributed by atoms with van der Waals surface area (Å²) in [4.78, 5) is 57.2. The zero-order valence-electron chi connectivity index (χ0n) is 25.1. The van der Waals surface area contributed by atoms with Gasteiger partial charge < -0.3 is 19.9 Å². The third-order valence-electron chi connectivity index (χ3n) is 8.74. The van der Waals surface area contributed by atoms with Crippen LogP contribution in [0, 0.1) is 0 Å². The largest absolute Gasteiger partial charge is 0.461 e. The fraction of sp³-hybridized carbons (Fsp3) is 0.471. The molecule has 44 heavy (non-hydrogen) atoms. The first-order chi connectivity index (χ1) is 21.4. The Bertz CT molecular complexity index is 1450. The maximum Gasteiger partial charge on any atom is 0.329 e. The van der Waals surface area contributed by atoms with Gasteiger partial charge >= 0.3 is 5.97 Å². The van der Waals surface area contributed by atoms with Gasteiger partial charge in [0.1, 0.15) is 12.1 Å². The van der Waals surface area contributed by atoms with Gasteiger partial charge in [0, 0.05) is 42.4 Å². The summed E-state index contributed by atoms with van der Waals surface area (Å²) in [6, 6.07) is 16.6. The Balaban J connectivity index is 1.31. The molecular weight excluding hydrogens is 560 g/mol. The fourth-order valence-electron chi connectivity index (χ4n) is 6.41. The number of amides is 3. The van der Waals surface area contributed by atoms with E-state index in [0.717, 1.165) is 66.2 Å². The number of benzene rings is 2. The minimum absolute atomic E-state index is 0.0401. The summed E-state index contributed by atoms with van der Waals surface area (Å²) in [6.07, 6.45) is 7.38. The van der Waals surface area contributed by atoms with E-state index in [0.29, 0.717) is 32.2 Å². The zero-order chi connectivity index (χ0) is 30.9. The smallest absolute Gasteiger partial charge is 0.329 e. The highest BCUT2D eigenvalue weighted by Gasteiger charge is 2.37. The van der Waals surface area contributed by atoms with Crippen molar-refractivity contribution in [2.45, 2.75) is 95.2 Å². The Hall–Kier alpha value is -4.18. The molecule has 1 aliphatic carbocycles. The van der Waals surface area contributed by atoms with Crippen LogP contribution in [0.4, 0.5) is 0 Å². The number of aromatic nitrogens is 1. The molecule has 1 aromatic heterocycles. The third kappa shape index (κ3) is 7.85. The maximum absolute atomic E-state index is 14.1. The van der Waals surface area contributed by atoms with E-state index < -0.39 is 23.8 Å². The Morgan fingerprint density at radius 2 is 1.64 bits per heavy atom. The quantitative estimate of drug-likeness (QED) is 0.0972. The molecule has 2 heterocycles. The van der Waals surface area contributed by atoms with Crippen LogP contribution >= 0.6 is 0 Å². The minimum atomic E-state index is -0.849. The molecule has 1 fully saturated rings. The number of fused-ring (bicyclic) bond motifs is 3. The van der Waals surface area contributed by atoms with E-state index >= 15 is 0 Å². The van der Waals surface area contributed by atoms with Gasteiger partial charge in [-0.15, -0.1) is 0 Å². The van der Waals surface area contributed by atoms with Crippen molar-refractivity contribution in [3.8, 4) is 0 Å². The first kappa shape index (κ1) is 31.3. The van der Waals surface area contributed by atoms with E-state index in [1.807, 2.05) is 54.6 Å². The Kier molecular flexibility index (Phi) is 10.7. The van der Waals surface area contributed by atoms with E-state index in [4.69, 9.17) is 9.94 Å². The molecule has 10 nitrogen and oxygen atoms in total. The highest BCUT2D eigenvalue weighted by atomic mass is 16.5. The zero-order valence-corrected chi connectivity index (χ0v) is 25.1. The number of rotatable bonds is 13. The number of para-hydroxylation sites is 1. The minimum Gasteiger partial charge on any atom is -0.461 e. The Morgan fingerprint density at radius 3 is 2.39 bits per heavy atom. The molecule has 0 radical (unpaired) electrons. The van der Waals surface area contributed by atoms with Gasteiger partial charge in [0.05, 0.1) is 12.5 Å². The van der Waals surface area contributed by atoms with Crippen molar-refractivity contribution in [2.24, 2.45) is 0 Å². The van der Waals surface area contributed by atoms with E-state index in [1.165, 1.54) is 0 Å². The number of unbranched alkanes of at least 4 members (excludes halogenated alkanes) is 3. The molecule has 234 valence electrons. The molecule has 0 bridgehead atoms. The number of nitrogens with one attached hydrogen (secondary N) is 3. The van der Waals surface area contributed by atoms with Crippen LogP contribution < -0.4 is 10.8 Å². The van der Waals surface area contributed by atoms with E-state index in [2.05, 4.69) is 10.3 Å². The fourth-order valence-corrected chi connectivity index (χ4v) is 6.41. The summed E-state index contributed by atoms with van der Waals surface area (Å²) in [5.74, 6) is -1.84. The molecule has 1 saturated carbocycles. The van der Waals surface area contributed by atoms with Crippen LogP contribution in [0.5, 0.6) is 0 Å². The summed E-state index contributed by atoms with van der Waals surface area (Å²) in [5, 5.41) is 12.6. The number of aromatic amines is 1. The highest BCUT2D eigenvalue weighted by Crippen LogP contribution is 2.35. The molecule has 1 aliphatic heterocycles. The number of nitrogens with zero attached hydrogens (tertiary/aromatic N) is 1. The standard InChI is InChI=1S/C34H42N4O6/c39-30(37-43)18-6-1-2-7-19-31(40)38-21-26(32-25-16-10-11-17-27(25)35-29(32)22-38)33(41)36-28(20-23-12-4-3-5-13-23)34(42)44-24-14-8-9-15-24/h3-5,10-13,16-17,24,26,28,35,43H,1-2,6-9,14-15,18-22H2,(H,36,41)(H,37,39)/t26-,28+/m1/s1. The average Bonchev–Trinajstić information content (AvgIpc) is 3.69. The molecule has 0 unspecified atom stereocenters. The van der Waals surface area contributed by atoms with Crippen LogP contribution in [-0.4, -0.2) is 57.5 Å². The number of carbonyl (C=O) groups excluding carboxylic acids is 4. The van der Waals surface area contributed by atoms with Crippen molar-refractivity contribution in [1.29, 1.82) is 0 Å². The topological polar surface area (TPSA) is 141 Å². The van der Waals surface area contributed by atoms with Gasteiger partial charge in [-0.1, -0.05) is 61.4 Å². The predicted octanol–water partition coefficient (Wildman–Crippen LogP) is 4.65. The lowest BCUT2D eigenvalue weighted by molar-refractivity contribution is -0.153. The van der Waals surface area contributed by atoms with Gasteiger partial charge in [-0.25, -0.2) is 10.3 Å². The number of hydrogen-bond acceptors (Lipinski definition) is 6. The van der Waals surface area contributed by atoms with Crippen LogP contribution in [0.2, 0.25) is 0 Å². The van der Waals surface area contributed by atoms with Crippen molar-refractivity contribution >= 4 is 34.6 Å². The maximum atomic E-state index is 14.1. The molecule has 0 saturated heterocycles. The lowest BCUT2D eigenvalue weighted by Gasteiger charge is -2.33. The summed E-state index contributed by atoms with van der Waals surface area (Å²) in [5.41, 5.74) is 5.15. The molecule has 0 spiro atoms. The van der Waals surface area contributed by atoms with Gasteiger partial charge in [0.25, 0.3) is 0 Å². The van der Waals surface area contributed by atoms with Gasteiger partial charge in [0.2, 0.25) is 17.7 Å². The molecule has 2 aliphatic rings. The lowest BCUT2D eigenvalue weighted by atomic mass is 9.90. The number of H-pyrrole nitrogens is 1. The molecule has 5 rings (SSSR count). The van der Waals surface area contributed by atoms with Gasteiger partial charge in [-0.3, -0.25) is 19.6 Å². The second-order valence-corrected chi connectivity index (χ2v) is 11.9. The molecule has 10 heteroatoms. The van der Waals surface area contributed by atoms with E-state index in [1.54, 1.807) is 10.4 Å². The first-order valence-electron chi connectivity index (χ1n) is 15.8. The number of esters is 1. The third-order valence-corrected chi connectivity index (χ3v) is 8.74. The molecule has 3 aromatic rings. The van der Waals surface area contributed by atoms with Crippen LogP contribution in [0.1, 0.15) is 86.9 Å². The molecular formula is C34H42N4O6. The van der Waals surface area contributed by atoms with E-state index in [-0.39, 0.29) is 30.9 Å². The van der Waals surface area contributed by atoms with Crippen molar-refractivity contribution < 1.29 is 29.1 Å². The SMILES string of the molecule is O=C(CCCCCCC(=O)N1Cc2[nH]c3ccccc3c2[C@H](C(=O)N[C@@H](Cc2ccccc2)C(=O)OC2CCCC2)C1)NO. The Labute approximate surface area is 257 Å². The number of carbonyl (C=O) groups is 4. The second-order valence-electron chi connectivity index (χ2n) is 11.9. The van der Waals surface area contributed by atoms with Crippen LogP contribution in [0.3, 0.4) is 0 Å². The number of hydroxylamine groups is 1. The highest BCUT2D eigenvalue weighted by molar-refractivity contribution is 5.96. The monoisotopic (exact) mass is 602 g/mol. The van der Waals surface area contributed by atoms with Gasteiger partial charge in [-0.05, 0) is 55.7 Å². The molecule has 3 amide bonds. The van der Waals surface area contributed by atoms with Crippen molar-refractivity contribution in [1.82, 2.24) is 20.7 Å². The second kappa shape index (κ2) is 15.0. The van der Waals surface area contributed by atoms with Crippen molar-refractivity contribution in [2.75, 3.05) is 6.54 Å². The van der Waals surface area contributed by atoms with Crippen LogP contribution in [-0.2, 0) is 36.9 Å². The van der Waals surface area contributed by atoms with Crippen molar-refractivity contribution in [3.63, 3.8) is 0 Å². The van der Waals surface area contributed by atoms with Gasteiger partial charge in [-0.2, -0.15) is 0 Å². The van der Waals surface area contributed by atoms with Crippen molar-refractivity contribution in [3.05, 3.63) is 71.4 Å². The Morgan fingerprint density at radius 1 is 0.932 bits per heavy atom. The van der Waals surface area contributed by atoms with Gasteiger partial charge in [0.15, 0.2) is 0 Å².